The Morgan fingerprint density at radius 3 is 2.04 bits per heavy atom. The smallest absolute Gasteiger partial charge is 0.417 e. The Hall–Kier alpha value is -1.91. The first kappa shape index (κ1) is 20.4. The van der Waals surface area contributed by atoms with Gasteiger partial charge in [-0.2, -0.15) is 13.2 Å². The van der Waals surface area contributed by atoms with Crippen LogP contribution >= 0.6 is 0 Å². The molecule has 0 aliphatic heterocycles. The topological polar surface area (TPSA) is 18.5 Å². The van der Waals surface area contributed by atoms with Crippen LogP contribution in [0.15, 0.2) is 24.3 Å². The summed E-state index contributed by atoms with van der Waals surface area (Å²) >= 11 is 0. The molecule has 0 radical (unpaired) electrons. The van der Waals surface area contributed by atoms with E-state index in [1.54, 1.807) is 6.07 Å². The third-order valence-electron chi connectivity index (χ3n) is 4.65. The highest BCUT2D eigenvalue weighted by molar-refractivity contribution is 5.98. The predicted molar refractivity (Wildman–Crippen MR) is 99.5 cm³/mol. The summed E-state index contributed by atoms with van der Waals surface area (Å²) in [5.41, 5.74) is 0.704. The molecule has 2 nitrogen and oxygen atoms in total. The van der Waals surface area contributed by atoms with Crippen molar-refractivity contribution in [3.8, 4) is 11.5 Å². The molecule has 0 heterocycles. The van der Waals surface area contributed by atoms with Gasteiger partial charge >= 0.3 is 6.18 Å². The van der Waals surface area contributed by atoms with Crippen LogP contribution in [-0.4, -0.2) is 20.4 Å². The maximum Gasteiger partial charge on any atom is 0.417 e. The van der Waals surface area contributed by atoms with Crippen molar-refractivity contribution in [3.05, 3.63) is 35.4 Å². The Balaban J connectivity index is 2.20. The van der Waals surface area contributed by atoms with Crippen molar-refractivity contribution in [1.29, 1.82) is 0 Å². The summed E-state index contributed by atoms with van der Waals surface area (Å²) < 4.78 is 50.7. The third kappa shape index (κ3) is 4.83. The van der Waals surface area contributed by atoms with Gasteiger partial charge in [-0.25, -0.2) is 0 Å². The number of alkyl halides is 3. The molecule has 0 unspecified atom stereocenters. The van der Waals surface area contributed by atoms with Gasteiger partial charge < -0.3 is 9.47 Å². The second kappa shape index (κ2) is 9.15. The Morgan fingerprint density at radius 1 is 0.885 bits per heavy atom. The zero-order valence-corrected chi connectivity index (χ0v) is 15.7. The van der Waals surface area contributed by atoms with E-state index in [4.69, 9.17) is 9.47 Å². The summed E-state index contributed by atoms with van der Waals surface area (Å²) in [6.07, 6.45) is 6.48. The summed E-state index contributed by atoms with van der Waals surface area (Å²) in [6, 6.07) is 3.05. The van der Waals surface area contributed by atoms with Gasteiger partial charge in [-0.3, -0.25) is 0 Å². The first-order valence-corrected chi connectivity index (χ1v) is 9.18. The van der Waals surface area contributed by atoms with E-state index in [1.165, 1.54) is 52.0 Å². The normalized spacial score (nSPS) is 15.2. The number of benzene rings is 1. The van der Waals surface area contributed by atoms with E-state index in [9.17, 15) is 13.2 Å². The number of hydrogen-bond donors (Lipinski definition) is 0. The lowest BCUT2D eigenvalue weighted by Crippen LogP contribution is -2.09. The lowest BCUT2D eigenvalue weighted by atomic mass is 10.0. The van der Waals surface area contributed by atoms with Gasteiger partial charge in [0.1, 0.15) is 0 Å². The highest BCUT2D eigenvalue weighted by Crippen LogP contribution is 2.47. The number of fused-ring (bicyclic) bond motifs is 1. The molecule has 1 aliphatic carbocycles. The summed E-state index contributed by atoms with van der Waals surface area (Å²) in [5.74, 6) is 0.743. The minimum absolute atomic E-state index is 0.157. The van der Waals surface area contributed by atoms with E-state index < -0.39 is 11.7 Å². The average Bonchev–Trinajstić information content (AvgIpc) is 2.97. The van der Waals surface area contributed by atoms with Gasteiger partial charge in [0, 0.05) is 0 Å². The number of halogens is 3. The number of ether oxygens (including phenoxy) is 2. The molecule has 1 aromatic carbocycles. The van der Waals surface area contributed by atoms with Gasteiger partial charge in [-0.15, -0.1) is 0 Å². The van der Waals surface area contributed by atoms with E-state index in [-0.39, 0.29) is 5.56 Å². The number of rotatable bonds is 9. The standard InChI is InChI=1S/C21H27F3O2/c1-4-5-6-7-8-9-10-11-15-12-18(21(22,23)24)17-14-20(26-3)19(25-2)13-16(15)17/h11-14H,4-10H2,1-3H3/b15-11-. The predicted octanol–water partition coefficient (Wildman–Crippen LogP) is 6.80. The van der Waals surface area contributed by atoms with Crippen LogP contribution in [0.3, 0.4) is 0 Å². The molecule has 144 valence electrons. The molecule has 0 bridgehead atoms. The van der Waals surface area contributed by atoms with Crippen LogP contribution in [0.4, 0.5) is 13.2 Å². The molecule has 0 saturated heterocycles. The van der Waals surface area contributed by atoms with Crippen LogP contribution < -0.4 is 9.47 Å². The first-order valence-electron chi connectivity index (χ1n) is 9.18. The zero-order valence-electron chi connectivity index (χ0n) is 15.7. The van der Waals surface area contributed by atoms with Crippen molar-refractivity contribution in [2.45, 2.75) is 58.0 Å². The maximum absolute atomic E-state index is 13.4. The van der Waals surface area contributed by atoms with Crippen LogP contribution in [0, 0.1) is 0 Å². The first-order chi connectivity index (χ1) is 12.4. The van der Waals surface area contributed by atoms with Crippen LogP contribution in [0.5, 0.6) is 11.5 Å². The molecule has 26 heavy (non-hydrogen) atoms. The van der Waals surface area contributed by atoms with Gasteiger partial charge in [0.2, 0.25) is 0 Å². The molecule has 0 atom stereocenters. The van der Waals surface area contributed by atoms with Crippen molar-refractivity contribution in [2.75, 3.05) is 14.2 Å². The van der Waals surface area contributed by atoms with Crippen LogP contribution in [0.25, 0.3) is 11.1 Å². The maximum atomic E-state index is 13.4. The quantitative estimate of drug-likeness (QED) is 0.446. The van der Waals surface area contributed by atoms with Gasteiger partial charge in [0.05, 0.1) is 19.8 Å². The Bertz CT molecular complexity index is 673. The van der Waals surface area contributed by atoms with Gasteiger partial charge in [-0.1, -0.05) is 45.1 Å². The fraction of sp³-hybridized carbons (Fsp3) is 0.524. The number of allylic oxidation sites excluding steroid dienone is 4. The molecule has 0 aromatic heterocycles. The van der Waals surface area contributed by atoms with E-state index in [2.05, 4.69) is 6.92 Å². The molecular weight excluding hydrogens is 341 g/mol. The monoisotopic (exact) mass is 368 g/mol. The van der Waals surface area contributed by atoms with Crippen molar-refractivity contribution in [2.24, 2.45) is 0 Å². The Kier molecular flexibility index (Phi) is 7.18. The third-order valence-corrected chi connectivity index (χ3v) is 4.65. The molecule has 5 heteroatoms. The molecular formula is C21H27F3O2. The van der Waals surface area contributed by atoms with Crippen molar-refractivity contribution >= 4 is 11.1 Å². The second-order valence-corrected chi connectivity index (χ2v) is 6.52. The lowest BCUT2D eigenvalue weighted by molar-refractivity contribution is -0.0687. The summed E-state index contributed by atoms with van der Waals surface area (Å²) in [5, 5.41) is 0. The molecule has 0 fully saturated rings. The minimum Gasteiger partial charge on any atom is -0.493 e. The lowest BCUT2D eigenvalue weighted by Gasteiger charge is -2.14. The van der Waals surface area contributed by atoms with Gasteiger partial charge in [0.25, 0.3) is 0 Å². The molecule has 2 rings (SSSR count). The average molecular weight is 368 g/mol. The molecule has 0 amide bonds. The second-order valence-electron chi connectivity index (χ2n) is 6.52. The fourth-order valence-electron chi connectivity index (χ4n) is 3.24. The van der Waals surface area contributed by atoms with Crippen molar-refractivity contribution in [1.82, 2.24) is 0 Å². The number of hydrogen-bond acceptors (Lipinski definition) is 2. The van der Waals surface area contributed by atoms with Gasteiger partial charge in [0.15, 0.2) is 11.5 Å². The van der Waals surface area contributed by atoms with Gasteiger partial charge in [-0.05, 0) is 47.8 Å². The molecule has 0 saturated carbocycles. The number of unbranched alkanes of at least 4 members (excludes halogenated alkanes) is 6. The van der Waals surface area contributed by atoms with E-state index in [0.29, 0.717) is 22.6 Å². The largest absolute Gasteiger partial charge is 0.493 e. The highest BCUT2D eigenvalue weighted by Gasteiger charge is 2.39. The highest BCUT2D eigenvalue weighted by atomic mass is 19.4. The van der Waals surface area contributed by atoms with E-state index in [0.717, 1.165) is 19.3 Å². The number of methoxy groups -OCH3 is 2. The SMILES string of the molecule is CCCCCCCC/C=C1/C=C(C(F)(F)F)c2cc(OC)c(OC)cc21. The molecule has 1 aromatic rings. The van der Waals surface area contributed by atoms with Crippen LogP contribution in [-0.2, 0) is 0 Å². The summed E-state index contributed by atoms with van der Waals surface area (Å²) in [7, 11) is 2.91. The van der Waals surface area contributed by atoms with Crippen LogP contribution in [0.1, 0.15) is 63.0 Å². The molecule has 1 aliphatic rings. The summed E-state index contributed by atoms with van der Waals surface area (Å²) in [6.45, 7) is 2.18. The van der Waals surface area contributed by atoms with E-state index >= 15 is 0 Å². The fourth-order valence-corrected chi connectivity index (χ4v) is 3.24. The zero-order chi connectivity index (χ0) is 19.2. The molecule has 0 spiro atoms. The van der Waals surface area contributed by atoms with Crippen molar-refractivity contribution in [3.63, 3.8) is 0 Å². The Morgan fingerprint density at radius 2 is 1.46 bits per heavy atom. The Labute approximate surface area is 153 Å². The summed E-state index contributed by atoms with van der Waals surface area (Å²) in [4.78, 5) is 0. The van der Waals surface area contributed by atoms with Crippen molar-refractivity contribution < 1.29 is 22.6 Å². The molecule has 0 N–H and O–H groups in total. The van der Waals surface area contributed by atoms with Crippen LogP contribution in [0.2, 0.25) is 0 Å². The van der Waals surface area contributed by atoms with E-state index in [1.807, 2.05) is 6.08 Å². The minimum atomic E-state index is -4.40.